The third-order valence-electron chi connectivity index (χ3n) is 4.60. The first-order valence-corrected chi connectivity index (χ1v) is 7.99. The van der Waals surface area contributed by atoms with Crippen LogP contribution in [0.3, 0.4) is 0 Å². The zero-order chi connectivity index (χ0) is 16.0. The van der Waals surface area contributed by atoms with Gasteiger partial charge in [-0.25, -0.2) is 9.97 Å². The third-order valence-corrected chi connectivity index (χ3v) is 4.60. The van der Waals surface area contributed by atoms with Crippen molar-refractivity contribution in [1.82, 2.24) is 14.5 Å². The minimum atomic E-state index is 0.114. The standard InChI is InChI=1S/C17H20N4O2/c1-11-7-16(19-12(2)18-11)20-8-13-3-5-21(14-4-6-23-10-14)17(22)15(13)9-20/h3,5,7,14H,4,6,8-10H2,1-2H3. The predicted octanol–water partition coefficient (Wildman–Crippen LogP) is 1.74. The lowest BCUT2D eigenvalue weighted by Crippen LogP contribution is -2.28. The largest absolute Gasteiger partial charge is 0.379 e. The number of rotatable bonds is 2. The molecule has 23 heavy (non-hydrogen) atoms. The molecule has 2 aliphatic heterocycles. The number of aromatic nitrogens is 3. The van der Waals surface area contributed by atoms with Crippen molar-refractivity contribution in [3.63, 3.8) is 0 Å². The van der Waals surface area contributed by atoms with Gasteiger partial charge in [0.2, 0.25) is 0 Å². The quantitative estimate of drug-likeness (QED) is 0.845. The van der Waals surface area contributed by atoms with Crippen molar-refractivity contribution in [3.05, 3.63) is 51.3 Å². The van der Waals surface area contributed by atoms with Gasteiger partial charge < -0.3 is 14.2 Å². The molecule has 6 heteroatoms. The fraction of sp³-hybridized carbons (Fsp3) is 0.471. The van der Waals surface area contributed by atoms with E-state index in [1.165, 1.54) is 0 Å². The molecule has 0 amide bonds. The predicted molar refractivity (Wildman–Crippen MR) is 86.6 cm³/mol. The summed E-state index contributed by atoms with van der Waals surface area (Å²) in [4.78, 5) is 23.8. The van der Waals surface area contributed by atoms with Crippen LogP contribution in [0.2, 0.25) is 0 Å². The molecule has 0 spiro atoms. The second kappa shape index (κ2) is 5.45. The van der Waals surface area contributed by atoms with Gasteiger partial charge in [0.25, 0.3) is 5.56 Å². The molecule has 120 valence electrons. The lowest BCUT2D eigenvalue weighted by Gasteiger charge is -2.17. The fourth-order valence-corrected chi connectivity index (χ4v) is 3.45. The molecule has 1 atom stereocenters. The van der Waals surface area contributed by atoms with Gasteiger partial charge in [0.05, 0.1) is 19.2 Å². The van der Waals surface area contributed by atoms with Crippen molar-refractivity contribution in [2.45, 2.75) is 39.4 Å². The van der Waals surface area contributed by atoms with E-state index >= 15 is 0 Å². The van der Waals surface area contributed by atoms with Crippen molar-refractivity contribution in [2.24, 2.45) is 0 Å². The van der Waals surface area contributed by atoms with Crippen LogP contribution in [0.25, 0.3) is 0 Å². The zero-order valence-corrected chi connectivity index (χ0v) is 13.5. The lowest BCUT2D eigenvalue weighted by molar-refractivity contribution is 0.186. The molecule has 1 unspecified atom stereocenters. The molecule has 0 saturated carbocycles. The van der Waals surface area contributed by atoms with E-state index in [1.807, 2.05) is 30.7 Å². The molecule has 2 aromatic rings. The van der Waals surface area contributed by atoms with Gasteiger partial charge in [-0.1, -0.05) is 0 Å². The molecule has 2 aliphatic rings. The van der Waals surface area contributed by atoms with E-state index in [0.717, 1.165) is 48.0 Å². The molecule has 1 fully saturated rings. The molecule has 0 N–H and O–H groups in total. The number of nitrogens with zero attached hydrogens (tertiary/aromatic N) is 4. The number of pyridine rings is 1. The average Bonchev–Trinajstić information content (AvgIpc) is 3.16. The second-order valence-corrected chi connectivity index (χ2v) is 6.32. The molecule has 4 heterocycles. The normalized spacial score (nSPS) is 20.1. The van der Waals surface area contributed by atoms with Gasteiger partial charge in [-0.15, -0.1) is 0 Å². The Morgan fingerprint density at radius 2 is 2.13 bits per heavy atom. The van der Waals surface area contributed by atoms with Gasteiger partial charge >= 0.3 is 0 Å². The van der Waals surface area contributed by atoms with E-state index in [9.17, 15) is 4.79 Å². The first-order chi connectivity index (χ1) is 11.1. The number of anilines is 1. The Morgan fingerprint density at radius 1 is 1.26 bits per heavy atom. The summed E-state index contributed by atoms with van der Waals surface area (Å²) in [6.07, 6.45) is 2.83. The number of aryl methyl sites for hydroxylation is 2. The minimum Gasteiger partial charge on any atom is -0.379 e. The third kappa shape index (κ3) is 2.53. The minimum absolute atomic E-state index is 0.114. The summed E-state index contributed by atoms with van der Waals surface area (Å²) in [6, 6.07) is 4.21. The van der Waals surface area contributed by atoms with Crippen molar-refractivity contribution in [3.8, 4) is 0 Å². The Labute approximate surface area is 134 Å². The Balaban J connectivity index is 1.67. The van der Waals surface area contributed by atoms with Gasteiger partial charge in [0, 0.05) is 36.7 Å². The summed E-state index contributed by atoms with van der Waals surface area (Å²) in [7, 11) is 0. The van der Waals surface area contributed by atoms with Gasteiger partial charge in [-0.05, 0) is 31.9 Å². The number of fused-ring (bicyclic) bond motifs is 1. The average molecular weight is 312 g/mol. The van der Waals surface area contributed by atoms with Gasteiger partial charge in [0.1, 0.15) is 11.6 Å². The van der Waals surface area contributed by atoms with Crippen molar-refractivity contribution in [2.75, 3.05) is 18.1 Å². The highest BCUT2D eigenvalue weighted by atomic mass is 16.5. The summed E-state index contributed by atoms with van der Waals surface area (Å²) < 4.78 is 7.25. The summed E-state index contributed by atoms with van der Waals surface area (Å²) in [6.45, 7) is 6.56. The van der Waals surface area contributed by atoms with Crippen molar-refractivity contribution < 1.29 is 4.74 Å². The highest BCUT2D eigenvalue weighted by Crippen LogP contribution is 2.26. The first-order valence-electron chi connectivity index (χ1n) is 7.99. The highest BCUT2D eigenvalue weighted by molar-refractivity contribution is 5.47. The Hall–Kier alpha value is -2.21. The number of hydrogen-bond acceptors (Lipinski definition) is 5. The summed E-state index contributed by atoms with van der Waals surface area (Å²) in [5, 5.41) is 0. The molecule has 0 aliphatic carbocycles. The maximum absolute atomic E-state index is 12.8. The van der Waals surface area contributed by atoms with E-state index in [1.54, 1.807) is 0 Å². The lowest BCUT2D eigenvalue weighted by atomic mass is 10.1. The van der Waals surface area contributed by atoms with Gasteiger partial charge in [0.15, 0.2) is 0 Å². The van der Waals surface area contributed by atoms with Crippen molar-refractivity contribution >= 4 is 5.82 Å². The van der Waals surface area contributed by atoms with E-state index in [-0.39, 0.29) is 11.6 Å². The van der Waals surface area contributed by atoms with Crippen LogP contribution in [-0.4, -0.2) is 27.7 Å². The summed E-state index contributed by atoms with van der Waals surface area (Å²) >= 11 is 0. The van der Waals surface area contributed by atoms with Crippen LogP contribution in [0.15, 0.2) is 23.1 Å². The fourth-order valence-electron chi connectivity index (χ4n) is 3.45. The zero-order valence-electron chi connectivity index (χ0n) is 13.5. The van der Waals surface area contributed by atoms with E-state index < -0.39 is 0 Å². The van der Waals surface area contributed by atoms with Gasteiger partial charge in [-0.3, -0.25) is 4.79 Å². The molecule has 4 rings (SSSR count). The van der Waals surface area contributed by atoms with Crippen LogP contribution < -0.4 is 10.5 Å². The SMILES string of the molecule is Cc1cc(N2Cc3ccn(C4CCOC4)c(=O)c3C2)nc(C)n1. The molecule has 0 bridgehead atoms. The van der Waals surface area contributed by atoms with Crippen LogP contribution in [-0.2, 0) is 17.8 Å². The summed E-state index contributed by atoms with van der Waals surface area (Å²) in [5.74, 6) is 1.65. The number of hydrogen-bond donors (Lipinski definition) is 0. The van der Waals surface area contributed by atoms with Crippen LogP contribution in [0.5, 0.6) is 0 Å². The maximum Gasteiger partial charge on any atom is 0.256 e. The van der Waals surface area contributed by atoms with Crippen LogP contribution in [0.4, 0.5) is 5.82 Å². The summed E-state index contributed by atoms with van der Waals surface area (Å²) in [5.41, 5.74) is 3.04. The monoisotopic (exact) mass is 312 g/mol. The van der Waals surface area contributed by atoms with Crippen molar-refractivity contribution in [1.29, 1.82) is 0 Å². The molecule has 0 radical (unpaired) electrons. The topological polar surface area (TPSA) is 60.2 Å². The Morgan fingerprint density at radius 3 is 2.87 bits per heavy atom. The molecule has 2 aromatic heterocycles. The first kappa shape index (κ1) is 14.4. The maximum atomic E-state index is 12.8. The molecular formula is C17H20N4O2. The molecule has 6 nitrogen and oxygen atoms in total. The Kier molecular flexibility index (Phi) is 3.41. The number of ether oxygens (including phenoxy) is 1. The Bertz CT molecular complexity index is 788. The van der Waals surface area contributed by atoms with E-state index in [0.29, 0.717) is 13.2 Å². The van der Waals surface area contributed by atoms with Crippen LogP contribution in [0, 0.1) is 13.8 Å². The molecular weight excluding hydrogens is 292 g/mol. The smallest absolute Gasteiger partial charge is 0.256 e. The molecule has 1 saturated heterocycles. The second-order valence-electron chi connectivity index (χ2n) is 6.32. The molecule has 0 aromatic carbocycles. The van der Waals surface area contributed by atoms with E-state index in [2.05, 4.69) is 20.9 Å². The highest BCUT2D eigenvalue weighted by Gasteiger charge is 2.26. The van der Waals surface area contributed by atoms with Crippen LogP contribution in [0.1, 0.15) is 35.1 Å². The van der Waals surface area contributed by atoms with Crippen LogP contribution >= 0.6 is 0 Å². The van der Waals surface area contributed by atoms with Gasteiger partial charge in [-0.2, -0.15) is 0 Å². The van der Waals surface area contributed by atoms with E-state index in [4.69, 9.17) is 4.74 Å².